The van der Waals surface area contributed by atoms with Crippen molar-refractivity contribution in [2.75, 3.05) is 13.2 Å². The summed E-state index contributed by atoms with van der Waals surface area (Å²) >= 11 is 0. The third-order valence-electron chi connectivity index (χ3n) is 4.29. The van der Waals surface area contributed by atoms with E-state index >= 15 is 0 Å². The van der Waals surface area contributed by atoms with Crippen LogP contribution in [0.25, 0.3) is 0 Å². The quantitative estimate of drug-likeness (QED) is 0.907. The second-order valence-electron chi connectivity index (χ2n) is 5.86. The van der Waals surface area contributed by atoms with Crippen LogP contribution in [0.4, 0.5) is 0 Å². The van der Waals surface area contributed by atoms with Gasteiger partial charge in [0.25, 0.3) is 0 Å². The molecule has 0 saturated heterocycles. The number of fused-ring (bicyclic) bond motifs is 1. The average molecular weight is 297 g/mol. The van der Waals surface area contributed by atoms with Crippen molar-refractivity contribution in [3.8, 4) is 5.75 Å². The normalized spacial score (nSPS) is 18.9. The number of aliphatic hydroxyl groups excluding tert-OH is 1. The van der Waals surface area contributed by atoms with Crippen LogP contribution in [0.15, 0.2) is 48.5 Å². The van der Waals surface area contributed by atoms with Gasteiger partial charge in [0, 0.05) is 18.2 Å². The Balaban J connectivity index is 1.70. The molecule has 3 rings (SSSR count). The summed E-state index contributed by atoms with van der Waals surface area (Å²) in [5.74, 6) is 0.961. The zero-order valence-corrected chi connectivity index (χ0v) is 13.0. The zero-order valence-electron chi connectivity index (χ0n) is 13.0. The van der Waals surface area contributed by atoms with Gasteiger partial charge in [-0.05, 0) is 37.0 Å². The Labute approximate surface area is 131 Å². The van der Waals surface area contributed by atoms with Crippen LogP contribution in [0.2, 0.25) is 0 Å². The molecule has 0 amide bonds. The van der Waals surface area contributed by atoms with Crippen molar-refractivity contribution in [3.63, 3.8) is 0 Å². The maximum absolute atomic E-state index is 10.5. The Morgan fingerprint density at radius 2 is 1.95 bits per heavy atom. The van der Waals surface area contributed by atoms with Gasteiger partial charge in [0.2, 0.25) is 0 Å². The Morgan fingerprint density at radius 1 is 1.18 bits per heavy atom. The number of aryl methyl sites for hydroxylation is 1. The van der Waals surface area contributed by atoms with Gasteiger partial charge in [-0.1, -0.05) is 42.5 Å². The molecule has 1 aliphatic heterocycles. The maximum Gasteiger partial charge on any atom is 0.124 e. The molecule has 2 N–H and O–H groups in total. The van der Waals surface area contributed by atoms with E-state index in [-0.39, 0.29) is 6.04 Å². The van der Waals surface area contributed by atoms with Gasteiger partial charge in [0.1, 0.15) is 5.75 Å². The number of ether oxygens (including phenoxy) is 1. The van der Waals surface area contributed by atoms with E-state index < -0.39 is 6.10 Å². The third-order valence-corrected chi connectivity index (χ3v) is 4.29. The first-order chi connectivity index (χ1) is 10.8. The summed E-state index contributed by atoms with van der Waals surface area (Å²) in [6.45, 7) is 3.34. The van der Waals surface area contributed by atoms with E-state index in [1.165, 1.54) is 5.56 Å². The van der Waals surface area contributed by atoms with Crippen LogP contribution in [0.3, 0.4) is 0 Å². The highest BCUT2D eigenvalue weighted by Gasteiger charge is 2.20. The summed E-state index contributed by atoms with van der Waals surface area (Å²) in [6, 6.07) is 16.4. The van der Waals surface area contributed by atoms with Gasteiger partial charge in [-0.3, -0.25) is 0 Å². The van der Waals surface area contributed by atoms with Crippen molar-refractivity contribution in [1.82, 2.24) is 5.32 Å². The average Bonchev–Trinajstić information content (AvgIpc) is 2.75. The number of hydrogen-bond donors (Lipinski definition) is 2. The third kappa shape index (κ3) is 3.32. The monoisotopic (exact) mass is 297 g/mol. The largest absolute Gasteiger partial charge is 0.493 e. The lowest BCUT2D eigenvalue weighted by molar-refractivity contribution is 0.168. The van der Waals surface area contributed by atoms with Crippen molar-refractivity contribution in [2.45, 2.75) is 31.9 Å². The van der Waals surface area contributed by atoms with Crippen LogP contribution < -0.4 is 10.1 Å². The molecule has 2 unspecified atom stereocenters. The van der Waals surface area contributed by atoms with Crippen LogP contribution >= 0.6 is 0 Å². The van der Waals surface area contributed by atoms with Gasteiger partial charge in [-0.25, -0.2) is 0 Å². The molecular weight excluding hydrogens is 274 g/mol. The highest BCUT2D eigenvalue weighted by molar-refractivity contribution is 5.36. The van der Waals surface area contributed by atoms with Crippen molar-refractivity contribution in [2.24, 2.45) is 0 Å². The van der Waals surface area contributed by atoms with Crippen LogP contribution in [0.5, 0.6) is 5.75 Å². The molecule has 0 aliphatic carbocycles. The van der Waals surface area contributed by atoms with Gasteiger partial charge in [-0.2, -0.15) is 0 Å². The van der Waals surface area contributed by atoms with Gasteiger partial charge < -0.3 is 15.2 Å². The summed E-state index contributed by atoms with van der Waals surface area (Å²) in [5, 5.41) is 14.0. The lowest BCUT2D eigenvalue weighted by Crippen LogP contribution is -2.26. The standard InChI is InChI=1S/C19H23NO2/c1-14-7-2-3-8-15(14)18(21)13-20-17-10-6-12-22-19-11-5-4-9-16(17)19/h2-5,7-9,11,17-18,20-21H,6,10,12-13H2,1H3. The van der Waals surface area contributed by atoms with Crippen molar-refractivity contribution >= 4 is 0 Å². The Bertz CT molecular complexity index is 626. The smallest absolute Gasteiger partial charge is 0.124 e. The molecule has 3 nitrogen and oxygen atoms in total. The Morgan fingerprint density at radius 3 is 2.82 bits per heavy atom. The van der Waals surface area contributed by atoms with E-state index in [1.54, 1.807) is 0 Å². The summed E-state index contributed by atoms with van der Waals surface area (Å²) in [7, 11) is 0. The van der Waals surface area contributed by atoms with E-state index in [4.69, 9.17) is 4.74 Å². The minimum absolute atomic E-state index is 0.234. The van der Waals surface area contributed by atoms with Crippen molar-refractivity contribution < 1.29 is 9.84 Å². The SMILES string of the molecule is Cc1ccccc1C(O)CNC1CCCOc2ccccc21. The van der Waals surface area contributed by atoms with E-state index in [9.17, 15) is 5.11 Å². The maximum atomic E-state index is 10.5. The molecule has 0 saturated carbocycles. The molecule has 2 aromatic carbocycles. The fraction of sp³-hybridized carbons (Fsp3) is 0.368. The van der Waals surface area contributed by atoms with Crippen molar-refractivity contribution in [1.29, 1.82) is 0 Å². The van der Waals surface area contributed by atoms with E-state index in [1.807, 2.05) is 49.4 Å². The van der Waals surface area contributed by atoms with E-state index in [2.05, 4.69) is 11.4 Å². The number of para-hydroxylation sites is 1. The van der Waals surface area contributed by atoms with E-state index in [0.717, 1.165) is 36.3 Å². The molecular formula is C19H23NO2. The van der Waals surface area contributed by atoms with Crippen LogP contribution in [-0.2, 0) is 0 Å². The fourth-order valence-corrected chi connectivity index (χ4v) is 3.06. The predicted molar refractivity (Wildman–Crippen MR) is 88.1 cm³/mol. The van der Waals surface area contributed by atoms with Gasteiger partial charge >= 0.3 is 0 Å². The zero-order chi connectivity index (χ0) is 15.4. The summed E-state index contributed by atoms with van der Waals surface area (Å²) in [5.41, 5.74) is 3.31. The minimum Gasteiger partial charge on any atom is -0.493 e. The topological polar surface area (TPSA) is 41.5 Å². The highest BCUT2D eigenvalue weighted by atomic mass is 16.5. The molecule has 0 fully saturated rings. The molecule has 0 spiro atoms. The molecule has 2 atom stereocenters. The minimum atomic E-state index is -0.488. The van der Waals surface area contributed by atoms with Gasteiger partial charge in [0.05, 0.1) is 12.7 Å². The molecule has 1 aliphatic rings. The molecule has 116 valence electrons. The first kappa shape index (κ1) is 15.1. The molecule has 2 aromatic rings. The fourth-order valence-electron chi connectivity index (χ4n) is 3.06. The first-order valence-electron chi connectivity index (χ1n) is 7.94. The Hall–Kier alpha value is -1.84. The summed E-state index contributed by atoms with van der Waals surface area (Å²) < 4.78 is 5.79. The van der Waals surface area contributed by atoms with Crippen LogP contribution in [0.1, 0.15) is 41.7 Å². The highest BCUT2D eigenvalue weighted by Crippen LogP contribution is 2.31. The number of hydrogen-bond acceptors (Lipinski definition) is 3. The molecule has 0 bridgehead atoms. The van der Waals surface area contributed by atoms with Gasteiger partial charge in [-0.15, -0.1) is 0 Å². The lowest BCUT2D eigenvalue weighted by atomic mass is 10.00. The second kappa shape index (κ2) is 6.95. The number of nitrogens with one attached hydrogen (secondary N) is 1. The lowest BCUT2D eigenvalue weighted by Gasteiger charge is -2.21. The van der Waals surface area contributed by atoms with Crippen LogP contribution in [0, 0.1) is 6.92 Å². The van der Waals surface area contributed by atoms with Crippen molar-refractivity contribution in [3.05, 3.63) is 65.2 Å². The molecule has 0 radical (unpaired) electrons. The number of rotatable bonds is 4. The molecule has 22 heavy (non-hydrogen) atoms. The molecule has 1 heterocycles. The van der Waals surface area contributed by atoms with Crippen LogP contribution in [-0.4, -0.2) is 18.3 Å². The number of aliphatic hydroxyl groups is 1. The van der Waals surface area contributed by atoms with E-state index in [0.29, 0.717) is 6.54 Å². The summed E-state index contributed by atoms with van der Waals surface area (Å²) in [4.78, 5) is 0. The summed E-state index contributed by atoms with van der Waals surface area (Å²) in [6.07, 6.45) is 1.56. The first-order valence-corrected chi connectivity index (χ1v) is 7.94. The van der Waals surface area contributed by atoms with Gasteiger partial charge in [0.15, 0.2) is 0 Å². The predicted octanol–water partition coefficient (Wildman–Crippen LogP) is 3.53. The molecule has 0 aromatic heterocycles. The Kier molecular flexibility index (Phi) is 4.76. The number of benzene rings is 2. The second-order valence-corrected chi connectivity index (χ2v) is 5.86. The molecule has 3 heteroatoms.